The number of likely N-dealkylation sites (tertiary alicyclic amines) is 1. The van der Waals surface area contributed by atoms with E-state index in [4.69, 9.17) is 14.5 Å². The number of piperidine rings is 1. The molecular formula is C18H39IN4O2. The third kappa shape index (κ3) is 12.0. The van der Waals surface area contributed by atoms with E-state index in [1.807, 2.05) is 0 Å². The van der Waals surface area contributed by atoms with Crippen LogP contribution in [0.15, 0.2) is 4.99 Å². The Bertz CT molecular complexity index is 353. The topological polar surface area (TPSA) is 58.1 Å². The predicted octanol–water partition coefficient (Wildman–Crippen LogP) is 2.48. The van der Waals surface area contributed by atoms with Crippen molar-refractivity contribution in [2.75, 3.05) is 53.0 Å². The van der Waals surface area contributed by atoms with Crippen LogP contribution in [0.2, 0.25) is 0 Å². The minimum absolute atomic E-state index is 0. The standard InChI is InChI=1S/C18H38N4O2.HI/c1-6-19-17(20-10-11-21-18(2,3)4)22-12-8-16(9-13-22)24-15-7-14-23-5;/h16,21H,6-15H2,1-5H3,(H,19,20);1H. The lowest BCUT2D eigenvalue weighted by atomic mass is 10.1. The predicted molar refractivity (Wildman–Crippen MR) is 116 cm³/mol. The van der Waals surface area contributed by atoms with E-state index in [-0.39, 0.29) is 29.5 Å². The molecule has 1 rings (SSSR count). The van der Waals surface area contributed by atoms with Gasteiger partial charge in [0.2, 0.25) is 0 Å². The van der Waals surface area contributed by atoms with Crippen molar-refractivity contribution in [3.05, 3.63) is 0 Å². The van der Waals surface area contributed by atoms with Crippen molar-refractivity contribution >= 4 is 29.9 Å². The van der Waals surface area contributed by atoms with Crippen molar-refractivity contribution in [1.82, 2.24) is 15.5 Å². The van der Waals surface area contributed by atoms with Crippen molar-refractivity contribution in [3.8, 4) is 0 Å². The summed E-state index contributed by atoms with van der Waals surface area (Å²) in [6.07, 6.45) is 3.49. The molecule has 0 aliphatic carbocycles. The summed E-state index contributed by atoms with van der Waals surface area (Å²) in [7, 11) is 1.73. The Morgan fingerprint density at radius 1 is 1.20 bits per heavy atom. The highest BCUT2D eigenvalue weighted by Gasteiger charge is 2.21. The fourth-order valence-electron chi connectivity index (χ4n) is 2.71. The number of nitrogens with one attached hydrogen (secondary N) is 2. The Balaban J connectivity index is 0.00000576. The van der Waals surface area contributed by atoms with Crippen LogP contribution in [-0.4, -0.2) is 75.5 Å². The second-order valence-electron chi connectivity index (χ2n) is 7.32. The van der Waals surface area contributed by atoms with Gasteiger partial charge in [-0.2, -0.15) is 0 Å². The maximum Gasteiger partial charge on any atom is 0.193 e. The van der Waals surface area contributed by atoms with Crippen LogP contribution in [0.4, 0.5) is 0 Å². The number of hydrogen-bond donors (Lipinski definition) is 2. The first-order chi connectivity index (χ1) is 11.5. The second-order valence-corrected chi connectivity index (χ2v) is 7.32. The molecular weight excluding hydrogens is 431 g/mol. The highest BCUT2D eigenvalue weighted by molar-refractivity contribution is 14.0. The monoisotopic (exact) mass is 470 g/mol. The third-order valence-corrected chi connectivity index (χ3v) is 3.95. The van der Waals surface area contributed by atoms with Crippen molar-refractivity contribution < 1.29 is 9.47 Å². The largest absolute Gasteiger partial charge is 0.385 e. The van der Waals surface area contributed by atoms with Gasteiger partial charge in [0.15, 0.2) is 5.96 Å². The number of guanidine groups is 1. The van der Waals surface area contributed by atoms with Gasteiger partial charge in [-0.3, -0.25) is 4.99 Å². The van der Waals surface area contributed by atoms with Crippen LogP contribution in [-0.2, 0) is 9.47 Å². The molecule has 150 valence electrons. The lowest BCUT2D eigenvalue weighted by Gasteiger charge is -2.34. The lowest BCUT2D eigenvalue weighted by molar-refractivity contribution is 0.00990. The van der Waals surface area contributed by atoms with E-state index >= 15 is 0 Å². The van der Waals surface area contributed by atoms with Gasteiger partial charge in [-0.1, -0.05) is 0 Å². The molecule has 0 spiro atoms. The van der Waals surface area contributed by atoms with Gasteiger partial charge < -0.3 is 25.0 Å². The minimum atomic E-state index is 0. The van der Waals surface area contributed by atoms with Gasteiger partial charge in [-0.05, 0) is 47.0 Å². The van der Waals surface area contributed by atoms with Gasteiger partial charge >= 0.3 is 0 Å². The normalized spacial score (nSPS) is 16.7. The first-order valence-electron chi connectivity index (χ1n) is 9.35. The Hall–Kier alpha value is -0.120. The quantitative estimate of drug-likeness (QED) is 0.235. The van der Waals surface area contributed by atoms with Gasteiger partial charge in [-0.15, -0.1) is 24.0 Å². The zero-order valence-corrected chi connectivity index (χ0v) is 19.1. The zero-order chi connectivity index (χ0) is 17.8. The molecule has 0 saturated carbocycles. The van der Waals surface area contributed by atoms with E-state index in [9.17, 15) is 0 Å². The molecule has 0 atom stereocenters. The molecule has 2 N–H and O–H groups in total. The average Bonchev–Trinajstić information content (AvgIpc) is 2.54. The molecule has 0 amide bonds. The summed E-state index contributed by atoms with van der Waals surface area (Å²) in [6, 6.07) is 0. The number of nitrogens with zero attached hydrogens (tertiary/aromatic N) is 2. The van der Waals surface area contributed by atoms with Crippen LogP contribution in [0.3, 0.4) is 0 Å². The van der Waals surface area contributed by atoms with E-state index in [0.717, 1.165) is 71.2 Å². The SMILES string of the molecule is CCNC(=NCCNC(C)(C)C)N1CCC(OCCCOC)CC1.I. The summed E-state index contributed by atoms with van der Waals surface area (Å²) in [5.74, 6) is 1.03. The Kier molecular flexibility index (Phi) is 13.9. The Morgan fingerprint density at radius 3 is 2.44 bits per heavy atom. The van der Waals surface area contributed by atoms with E-state index in [1.54, 1.807) is 7.11 Å². The first-order valence-corrected chi connectivity index (χ1v) is 9.35. The number of ether oxygens (including phenoxy) is 2. The van der Waals surface area contributed by atoms with Crippen LogP contribution in [0.25, 0.3) is 0 Å². The molecule has 0 unspecified atom stereocenters. The molecule has 0 aromatic heterocycles. The molecule has 1 aliphatic heterocycles. The highest BCUT2D eigenvalue weighted by Crippen LogP contribution is 2.14. The molecule has 25 heavy (non-hydrogen) atoms. The highest BCUT2D eigenvalue weighted by atomic mass is 127. The summed E-state index contributed by atoms with van der Waals surface area (Å²) in [6.45, 7) is 14.8. The molecule has 0 radical (unpaired) electrons. The molecule has 0 aromatic carbocycles. The van der Waals surface area contributed by atoms with Crippen molar-refractivity contribution in [3.63, 3.8) is 0 Å². The molecule has 0 aromatic rings. The van der Waals surface area contributed by atoms with Gasteiger partial charge in [0.1, 0.15) is 0 Å². The second kappa shape index (κ2) is 14.0. The first kappa shape index (κ1) is 24.9. The van der Waals surface area contributed by atoms with Gasteiger partial charge in [0, 0.05) is 52.0 Å². The summed E-state index contributed by atoms with van der Waals surface area (Å²) < 4.78 is 11.0. The number of aliphatic imine (C=N–C) groups is 1. The number of rotatable bonds is 9. The number of hydrogen-bond acceptors (Lipinski definition) is 4. The van der Waals surface area contributed by atoms with Crippen molar-refractivity contribution in [2.45, 2.75) is 58.6 Å². The molecule has 1 heterocycles. The molecule has 1 saturated heterocycles. The molecule has 6 nitrogen and oxygen atoms in total. The lowest BCUT2D eigenvalue weighted by Crippen LogP contribution is -2.47. The summed E-state index contributed by atoms with van der Waals surface area (Å²) in [5, 5.41) is 6.89. The van der Waals surface area contributed by atoms with Crippen molar-refractivity contribution in [2.24, 2.45) is 4.99 Å². The van der Waals surface area contributed by atoms with Crippen LogP contribution in [0, 0.1) is 0 Å². The minimum Gasteiger partial charge on any atom is -0.385 e. The maximum absolute atomic E-state index is 5.93. The summed E-state index contributed by atoms with van der Waals surface area (Å²) in [5.41, 5.74) is 0.145. The third-order valence-electron chi connectivity index (χ3n) is 3.95. The summed E-state index contributed by atoms with van der Waals surface area (Å²) >= 11 is 0. The van der Waals surface area contributed by atoms with Gasteiger partial charge in [0.05, 0.1) is 12.6 Å². The van der Waals surface area contributed by atoms with Crippen molar-refractivity contribution in [1.29, 1.82) is 0 Å². The zero-order valence-electron chi connectivity index (χ0n) is 16.8. The van der Waals surface area contributed by atoms with Crippen LogP contribution in [0.5, 0.6) is 0 Å². The van der Waals surface area contributed by atoms with Crippen LogP contribution >= 0.6 is 24.0 Å². The number of halogens is 1. The van der Waals surface area contributed by atoms with Crippen LogP contribution < -0.4 is 10.6 Å². The fourth-order valence-corrected chi connectivity index (χ4v) is 2.71. The Morgan fingerprint density at radius 2 is 1.88 bits per heavy atom. The Labute approximate surface area is 171 Å². The van der Waals surface area contributed by atoms with E-state index in [1.165, 1.54) is 0 Å². The molecule has 0 bridgehead atoms. The van der Waals surface area contributed by atoms with Gasteiger partial charge in [0.25, 0.3) is 0 Å². The molecule has 1 fully saturated rings. The fraction of sp³-hybridized carbons (Fsp3) is 0.944. The maximum atomic E-state index is 5.93. The number of methoxy groups -OCH3 is 1. The van der Waals surface area contributed by atoms with Gasteiger partial charge in [-0.25, -0.2) is 0 Å². The van der Waals surface area contributed by atoms with E-state index in [2.05, 4.69) is 43.2 Å². The van der Waals surface area contributed by atoms with E-state index in [0.29, 0.717) is 6.10 Å². The molecule has 7 heteroatoms. The average molecular weight is 470 g/mol. The van der Waals surface area contributed by atoms with E-state index < -0.39 is 0 Å². The van der Waals surface area contributed by atoms with Crippen LogP contribution in [0.1, 0.15) is 47.0 Å². The molecule has 1 aliphatic rings. The smallest absolute Gasteiger partial charge is 0.193 e. The summed E-state index contributed by atoms with van der Waals surface area (Å²) in [4.78, 5) is 7.12.